The van der Waals surface area contributed by atoms with Crippen molar-refractivity contribution in [3.05, 3.63) is 0 Å². The molecule has 15 heavy (non-hydrogen) atoms. The summed E-state index contributed by atoms with van der Waals surface area (Å²) < 4.78 is 4.96. The molecule has 2 rings (SSSR count). The van der Waals surface area contributed by atoms with Gasteiger partial charge in [0.2, 0.25) is 0 Å². The van der Waals surface area contributed by atoms with Crippen LogP contribution in [-0.4, -0.2) is 66.4 Å². The summed E-state index contributed by atoms with van der Waals surface area (Å²) in [5.41, 5.74) is 0. The van der Waals surface area contributed by atoms with Crippen LogP contribution in [0.25, 0.3) is 0 Å². The number of nitrogens with zero attached hydrogens (tertiary/aromatic N) is 2. The molecular formula is C10H18N2O3. The standard InChI is InChI=1S/C10H18N2O3/c1-11-4-2-8(3-5-11)12-9(6-13)7-15-10(12)14/h8-9,13H,2-7H2,1H3. The van der Waals surface area contributed by atoms with E-state index in [1.165, 1.54) is 0 Å². The Hall–Kier alpha value is -0.810. The van der Waals surface area contributed by atoms with Crippen LogP contribution in [0.2, 0.25) is 0 Å². The van der Waals surface area contributed by atoms with E-state index in [4.69, 9.17) is 9.84 Å². The maximum Gasteiger partial charge on any atom is 0.410 e. The van der Waals surface area contributed by atoms with Crippen LogP contribution in [0.15, 0.2) is 0 Å². The monoisotopic (exact) mass is 214 g/mol. The zero-order valence-corrected chi connectivity index (χ0v) is 9.06. The average Bonchev–Trinajstić information content (AvgIpc) is 2.61. The molecule has 1 unspecified atom stereocenters. The van der Waals surface area contributed by atoms with Gasteiger partial charge in [-0.2, -0.15) is 0 Å². The predicted octanol–water partition coefficient (Wildman–Crippen LogP) is -0.106. The number of ether oxygens (including phenoxy) is 1. The summed E-state index contributed by atoms with van der Waals surface area (Å²) in [4.78, 5) is 15.5. The van der Waals surface area contributed by atoms with Gasteiger partial charge in [0.25, 0.3) is 0 Å². The number of aliphatic hydroxyl groups excluding tert-OH is 1. The molecule has 0 radical (unpaired) electrons. The Morgan fingerprint density at radius 3 is 2.73 bits per heavy atom. The minimum Gasteiger partial charge on any atom is -0.447 e. The van der Waals surface area contributed by atoms with Crippen LogP contribution in [0.4, 0.5) is 4.79 Å². The van der Waals surface area contributed by atoms with Gasteiger partial charge in [0.1, 0.15) is 6.61 Å². The Morgan fingerprint density at radius 2 is 2.13 bits per heavy atom. The van der Waals surface area contributed by atoms with Gasteiger partial charge in [-0.25, -0.2) is 4.79 Å². The van der Waals surface area contributed by atoms with Crippen molar-refractivity contribution in [1.82, 2.24) is 9.80 Å². The molecule has 2 aliphatic rings. The maximum atomic E-state index is 11.5. The van der Waals surface area contributed by atoms with Crippen LogP contribution in [0.1, 0.15) is 12.8 Å². The zero-order chi connectivity index (χ0) is 10.8. The summed E-state index contributed by atoms with van der Waals surface area (Å²) in [6.45, 7) is 2.35. The van der Waals surface area contributed by atoms with E-state index >= 15 is 0 Å². The van der Waals surface area contributed by atoms with Crippen LogP contribution in [0, 0.1) is 0 Å². The fourth-order valence-electron chi connectivity index (χ4n) is 2.33. The molecule has 1 N–H and O–H groups in total. The predicted molar refractivity (Wildman–Crippen MR) is 54.6 cm³/mol. The normalized spacial score (nSPS) is 29.6. The summed E-state index contributed by atoms with van der Waals surface area (Å²) in [6.07, 6.45) is 1.69. The van der Waals surface area contributed by atoms with Crippen LogP contribution < -0.4 is 0 Å². The fourth-order valence-corrected chi connectivity index (χ4v) is 2.33. The zero-order valence-electron chi connectivity index (χ0n) is 9.06. The molecule has 0 saturated carbocycles. The molecule has 2 heterocycles. The first-order chi connectivity index (χ1) is 7.22. The van der Waals surface area contributed by atoms with Gasteiger partial charge in [-0.15, -0.1) is 0 Å². The second kappa shape index (κ2) is 4.37. The quantitative estimate of drug-likeness (QED) is 0.697. The van der Waals surface area contributed by atoms with Crippen LogP contribution >= 0.6 is 0 Å². The molecule has 0 aromatic rings. The third-order valence-corrected chi connectivity index (χ3v) is 3.30. The summed E-state index contributed by atoms with van der Waals surface area (Å²) >= 11 is 0. The van der Waals surface area contributed by atoms with Gasteiger partial charge in [0.05, 0.1) is 12.6 Å². The van der Waals surface area contributed by atoms with Gasteiger partial charge >= 0.3 is 6.09 Å². The third-order valence-electron chi connectivity index (χ3n) is 3.30. The van der Waals surface area contributed by atoms with E-state index in [1.54, 1.807) is 4.90 Å². The number of hydrogen-bond acceptors (Lipinski definition) is 4. The number of piperidine rings is 1. The Morgan fingerprint density at radius 1 is 1.47 bits per heavy atom. The molecule has 1 amide bonds. The first-order valence-electron chi connectivity index (χ1n) is 5.47. The summed E-state index contributed by atoms with van der Waals surface area (Å²) in [5, 5.41) is 9.15. The molecule has 0 spiro atoms. The summed E-state index contributed by atoms with van der Waals surface area (Å²) in [5.74, 6) is 0. The topological polar surface area (TPSA) is 53.0 Å². The second-order valence-corrected chi connectivity index (χ2v) is 4.36. The smallest absolute Gasteiger partial charge is 0.410 e. The van der Waals surface area contributed by atoms with E-state index in [0.717, 1.165) is 25.9 Å². The molecule has 1 atom stereocenters. The molecule has 2 saturated heterocycles. The molecule has 86 valence electrons. The van der Waals surface area contributed by atoms with Gasteiger partial charge in [-0.3, -0.25) is 4.90 Å². The van der Waals surface area contributed by atoms with Crippen molar-refractivity contribution in [2.45, 2.75) is 24.9 Å². The minimum atomic E-state index is -0.261. The highest BCUT2D eigenvalue weighted by atomic mass is 16.6. The van der Waals surface area contributed by atoms with Crippen LogP contribution in [0.5, 0.6) is 0 Å². The maximum absolute atomic E-state index is 11.5. The number of carbonyl (C=O) groups is 1. The van der Waals surface area contributed by atoms with Crippen LogP contribution in [0.3, 0.4) is 0 Å². The fraction of sp³-hybridized carbons (Fsp3) is 0.900. The van der Waals surface area contributed by atoms with Crippen molar-refractivity contribution in [2.75, 3.05) is 33.4 Å². The highest BCUT2D eigenvalue weighted by Crippen LogP contribution is 2.22. The Balaban J connectivity index is 1.99. The number of aliphatic hydroxyl groups is 1. The average molecular weight is 214 g/mol. The second-order valence-electron chi connectivity index (χ2n) is 4.36. The van der Waals surface area contributed by atoms with Gasteiger partial charge in [0, 0.05) is 6.04 Å². The van der Waals surface area contributed by atoms with Gasteiger partial charge in [-0.05, 0) is 33.0 Å². The SMILES string of the molecule is CN1CCC(N2C(=O)OCC2CO)CC1. The minimum absolute atomic E-state index is 0.00191. The lowest BCUT2D eigenvalue weighted by atomic mass is 10.0. The molecule has 0 aromatic carbocycles. The number of hydrogen-bond donors (Lipinski definition) is 1. The van der Waals surface area contributed by atoms with Gasteiger partial charge in [0.15, 0.2) is 0 Å². The number of rotatable bonds is 2. The largest absolute Gasteiger partial charge is 0.447 e. The Bertz CT molecular complexity index is 239. The van der Waals surface area contributed by atoms with E-state index in [2.05, 4.69) is 11.9 Å². The van der Waals surface area contributed by atoms with Gasteiger partial charge in [-0.1, -0.05) is 0 Å². The summed E-state index contributed by atoms with van der Waals surface area (Å²) in [7, 11) is 2.09. The molecule has 0 aliphatic carbocycles. The molecule has 5 nitrogen and oxygen atoms in total. The number of likely N-dealkylation sites (tertiary alicyclic amines) is 1. The van der Waals surface area contributed by atoms with E-state index in [-0.39, 0.29) is 24.8 Å². The van der Waals surface area contributed by atoms with E-state index in [1.807, 2.05) is 0 Å². The molecule has 2 fully saturated rings. The lowest BCUT2D eigenvalue weighted by molar-refractivity contribution is 0.0978. The third kappa shape index (κ3) is 2.08. The highest BCUT2D eigenvalue weighted by Gasteiger charge is 2.38. The molecule has 2 aliphatic heterocycles. The lowest BCUT2D eigenvalue weighted by Crippen LogP contribution is -2.48. The number of amides is 1. The van der Waals surface area contributed by atoms with Crippen molar-refractivity contribution in [3.8, 4) is 0 Å². The molecule has 5 heteroatoms. The number of carbonyl (C=O) groups excluding carboxylic acids is 1. The summed E-state index contributed by atoms with van der Waals surface area (Å²) in [6, 6.07) is 0.110. The van der Waals surface area contributed by atoms with Crippen molar-refractivity contribution < 1.29 is 14.6 Å². The van der Waals surface area contributed by atoms with Crippen LogP contribution in [-0.2, 0) is 4.74 Å². The Labute approximate surface area is 89.6 Å². The molecule has 0 bridgehead atoms. The van der Waals surface area contributed by atoms with Crippen molar-refractivity contribution >= 4 is 6.09 Å². The van der Waals surface area contributed by atoms with Crippen molar-refractivity contribution in [3.63, 3.8) is 0 Å². The molecular weight excluding hydrogens is 196 g/mol. The van der Waals surface area contributed by atoms with Crippen molar-refractivity contribution in [1.29, 1.82) is 0 Å². The van der Waals surface area contributed by atoms with Gasteiger partial charge < -0.3 is 14.7 Å². The van der Waals surface area contributed by atoms with Crippen molar-refractivity contribution in [2.24, 2.45) is 0 Å². The van der Waals surface area contributed by atoms with E-state index in [9.17, 15) is 4.79 Å². The lowest BCUT2D eigenvalue weighted by Gasteiger charge is -2.35. The Kier molecular flexibility index (Phi) is 3.11. The molecule has 0 aromatic heterocycles. The van der Waals surface area contributed by atoms with E-state index in [0.29, 0.717) is 6.61 Å². The first kappa shape index (κ1) is 10.7. The highest BCUT2D eigenvalue weighted by molar-refractivity contribution is 5.70. The number of cyclic esters (lactones) is 1. The first-order valence-corrected chi connectivity index (χ1v) is 5.47. The van der Waals surface area contributed by atoms with E-state index < -0.39 is 0 Å².